The third-order valence-corrected chi connectivity index (χ3v) is 6.82. The molecule has 1 aliphatic heterocycles. The Balaban J connectivity index is 1.41. The highest BCUT2D eigenvalue weighted by molar-refractivity contribution is 6.02. The summed E-state index contributed by atoms with van der Waals surface area (Å²) in [6, 6.07) is 3.23. The lowest BCUT2D eigenvalue weighted by atomic mass is 9.99. The zero-order valence-electron chi connectivity index (χ0n) is 23.0. The number of ether oxygens (including phenoxy) is 1. The second-order valence-corrected chi connectivity index (χ2v) is 9.81. The predicted octanol–water partition coefficient (Wildman–Crippen LogP) is 5.89. The number of H-pyrrole nitrogens is 1. The number of nitrogens with zero attached hydrogens (tertiary/aromatic N) is 4. The molecule has 0 saturated carbocycles. The molecular weight excluding hydrogens is 601 g/mol. The average Bonchev–Trinajstić information content (AvgIpc) is 3.38. The van der Waals surface area contributed by atoms with Crippen molar-refractivity contribution < 1.29 is 40.3 Å². The summed E-state index contributed by atoms with van der Waals surface area (Å²) in [5.41, 5.74) is -4.18. The van der Waals surface area contributed by atoms with Crippen LogP contribution < -0.4 is 16.0 Å². The van der Waals surface area contributed by atoms with E-state index in [2.05, 4.69) is 30.4 Å². The van der Waals surface area contributed by atoms with Crippen LogP contribution in [0, 0.1) is 12.7 Å². The molecule has 17 heteroatoms. The number of aromatic nitrogens is 4. The van der Waals surface area contributed by atoms with E-state index in [9.17, 15) is 35.5 Å². The fourth-order valence-corrected chi connectivity index (χ4v) is 4.76. The number of alkyl halides is 6. The van der Waals surface area contributed by atoms with Gasteiger partial charge in [-0.15, -0.1) is 0 Å². The highest BCUT2D eigenvalue weighted by atomic mass is 19.4. The average molecular weight is 627 g/mol. The number of carbonyl (C=O) groups is 1. The van der Waals surface area contributed by atoms with E-state index in [0.29, 0.717) is 50.2 Å². The molecule has 1 fully saturated rings. The van der Waals surface area contributed by atoms with Crippen LogP contribution in [0.1, 0.15) is 16.8 Å². The Morgan fingerprint density at radius 3 is 2.43 bits per heavy atom. The molecule has 5 rings (SSSR count). The van der Waals surface area contributed by atoms with Crippen molar-refractivity contribution in [1.82, 2.24) is 25.1 Å². The predicted molar refractivity (Wildman–Crippen MR) is 147 cm³/mol. The minimum atomic E-state index is -5.02. The largest absolute Gasteiger partial charge is 0.419 e. The second kappa shape index (κ2) is 12.2. The number of fused-ring (bicyclic) bond motifs is 1. The van der Waals surface area contributed by atoms with Gasteiger partial charge in [-0.2, -0.15) is 36.4 Å². The van der Waals surface area contributed by atoms with Gasteiger partial charge in [-0.1, -0.05) is 12.1 Å². The van der Waals surface area contributed by atoms with Gasteiger partial charge in [0.1, 0.15) is 5.82 Å². The number of benzene rings is 2. The first-order chi connectivity index (χ1) is 20.8. The van der Waals surface area contributed by atoms with E-state index in [4.69, 9.17) is 4.74 Å². The highest BCUT2D eigenvalue weighted by Crippen LogP contribution is 2.43. The van der Waals surface area contributed by atoms with Crippen molar-refractivity contribution in [3.63, 3.8) is 0 Å². The van der Waals surface area contributed by atoms with Gasteiger partial charge in [-0.25, -0.2) is 14.2 Å². The quantitative estimate of drug-likeness (QED) is 0.189. The van der Waals surface area contributed by atoms with E-state index in [0.717, 1.165) is 25.2 Å². The van der Waals surface area contributed by atoms with Gasteiger partial charge >= 0.3 is 18.4 Å². The maximum atomic E-state index is 14.4. The topological polar surface area (TPSA) is 120 Å². The molecule has 3 heterocycles. The van der Waals surface area contributed by atoms with Crippen molar-refractivity contribution in [3.8, 4) is 11.3 Å². The lowest BCUT2D eigenvalue weighted by Crippen LogP contribution is -2.39. The summed E-state index contributed by atoms with van der Waals surface area (Å²) in [5.74, 6) is -0.974. The lowest BCUT2D eigenvalue weighted by Gasteiger charge is -2.26. The standard InChI is InChI=1S/C27H25F7N8O2/c1-14-20-22(40-41-23(20)39-24(36-14)35-7-8-42-9-11-44-12-10-42)16-3-2-4-18(21(16)27(32,33)34)37-25(43)38-19-13-15(26(29,30)31)5-6-17(19)28/h2-6,13H,7-12H2,1H3,(H2,37,38,43)(H2,35,36,39,40,41). The first-order valence-corrected chi connectivity index (χ1v) is 13.2. The molecule has 0 spiro atoms. The number of rotatable bonds is 7. The molecule has 0 radical (unpaired) electrons. The van der Waals surface area contributed by atoms with E-state index >= 15 is 0 Å². The molecule has 1 saturated heterocycles. The zero-order valence-corrected chi connectivity index (χ0v) is 23.0. The van der Waals surface area contributed by atoms with Crippen molar-refractivity contribution in [2.45, 2.75) is 19.3 Å². The second-order valence-electron chi connectivity index (χ2n) is 9.81. The number of morpholine rings is 1. The third-order valence-electron chi connectivity index (χ3n) is 6.82. The van der Waals surface area contributed by atoms with Crippen molar-refractivity contribution in [2.24, 2.45) is 0 Å². The Hall–Kier alpha value is -4.51. The number of hydrogen-bond acceptors (Lipinski definition) is 7. The number of carbonyl (C=O) groups excluding carboxylic acids is 1. The first-order valence-electron chi connectivity index (χ1n) is 13.2. The Morgan fingerprint density at radius 2 is 1.73 bits per heavy atom. The van der Waals surface area contributed by atoms with Crippen LogP contribution in [0.15, 0.2) is 36.4 Å². The van der Waals surface area contributed by atoms with E-state index in [1.165, 1.54) is 6.07 Å². The van der Waals surface area contributed by atoms with Gasteiger partial charge in [0.05, 0.1) is 52.5 Å². The molecule has 2 aromatic carbocycles. The van der Waals surface area contributed by atoms with E-state index in [-0.39, 0.29) is 22.7 Å². The fourth-order valence-electron chi connectivity index (χ4n) is 4.76. The molecule has 0 aliphatic carbocycles. The van der Waals surface area contributed by atoms with Crippen LogP contribution in [0.3, 0.4) is 0 Å². The molecule has 1 aliphatic rings. The van der Waals surface area contributed by atoms with Gasteiger partial charge < -0.3 is 20.7 Å². The van der Waals surface area contributed by atoms with Crippen LogP contribution in [0.5, 0.6) is 0 Å². The summed E-state index contributed by atoms with van der Waals surface area (Å²) in [4.78, 5) is 23.5. The Labute approximate surface area is 245 Å². The monoisotopic (exact) mass is 626 g/mol. The summed E-state index contributed by atoms with van der Waals surface area (Å²) < 4.78 is 102. The summed E-state index contributed by atoms with van der Waals surface area (Å²) in [7, 11) is 0. The molecule has 0 bridgehead atoms. The molecule has 234 valence electrons. The molecular formula is C27H25F7N8O2. The molecule has 10 nitrogen and oxygen atoms in total. The van der Waals surface area contributed by atoms with E-state index in [1.54, 1.807) is 6.92 Å². The van der Waals surface area contributed by atoms with Crippen LogP contribution >= 0.6 is 0 Å². The van der Waals surface area contributed by atoms with Crippen molar-refractivity contribution in [1.29, 1.82) is 0 Å². The smallest absolute Gasteiger partial charge is 0.379 e. The SMILES string of the molecule is Cc1nc(NCCN2CCOCC2)nc2n[nH]c(-c3cccc(NC(=O)Nc4cc(C(F)(F)F)ccc4F)c3C(F)(F)F)c12. The number of hydrogen-bond donors (Lipinski definition) is 4. The number of aryl methyl sites for hydroxylation is 1. The van der Waals surface area contributed by atoms with Crippen LogP contribution in [0.25, 0.3) is 22.3 Å². The number of urea groups is 1. The highest BCUT2D eigenvalue weighted by Gasteiger charge is 2.38. The van der Waals surface area contributed by atoms with Gasteiger partial charge in [-0.3, -0.25) is 10.00 Å². The minimum absolute atomic E-state index is 0.0716. The van der Waals surface area contributed by atoms with Crippen LogP contribution in [-0.4, -0.2) is 70.5 Å². The number of amides is 2. The summed E-state index contributed by atoms with van der Waals surface area (Å²) in [6.45, 7) is 5.69. The number of nitrogens with one attached hydrogen (secondary N) is 4. The van der Waals surface area contributed by atoms with Crippen molar-refractivity contribution >= 4 is 34.4 Å². The van der Waals surface area contributed by atoms with Gasteiger partial charge in [0.2, 0.25) is 5.95 Å². The Bertz CT molecular complexity index is 1670. The normalized spacial score (nSPS) is 14.5. The van der Waals surface area contributed by atoms with Gasteiger partial charge in [-0.05, 0) is 31.2 Å². The summed E-state index contributed by atoms with van der Waals surface area (Å²) in [6.07, 6.45) is -9.86. The maximum Gasteiger partial charge on any atom is 0.419 e. The van der Waals surface area contributed by atoms with Crippen molar-refractivity contribution in [3.05, 3.63) is 59.0 Å². The first kappa shape index (κ1) is 30.9. The molecule has 4 aromatic rings. The summed E-state index contributed by atoms with van der Waals surface area (Å²) in [5, 5.41) is 13.8. The maximum absolute atomic E-state index is 14.4. The van der Waals surface area contributed by atoms with Gasteiger partial charge in [0.15, 0.2) is 5.65 Å². The lowest BCUT2D eigenvalue weighted by molar-refractivity contribution is -0.138. The number of aromatic amines is 1. The van der Waals surface area contributed by atoms with Gasteiger partial charge in [0, 0.05) is 31.7 Å². The van der Waals surface area contributed by atoms with Crippen LogP contribution in [0.4, 0.5) is 52.9 Å². The summed E-state index contributed by atoms with van der Waals surface area (Å²) >= 11 is 0. The molecule has 44 heavy (non-hydrogen) atoms. The van der Waals surface area contributed by atoms with Gasteiger partial charge in [0.25, 0.3) is 0 Å². The Kier molecular flexibility index (Phi) is 8.60. The molecule has 0 atom stereocenters. The molecule has 4 N–H and O–H groups in total. The number of anilines is 3. The Morgan fingerprint density at radius 1 is 1.00 bits per heavy atom. The number of halogens is 7. The minimum Gasteiger partial charge on any atom is -0.379 e. The molecule has 2 amide bonds. The van der Waals surface area contributed by atoms with E-state index < -0.39 is 52.3 Å². The molecule has 0 unspecified atom stereocenters. The third kappa shape index (κ3) is 6.83. The van der Waals surface area contributed by atoms with E-state index in [1.807, 2.05) is 10.6 Å². The molecule has 2 aromatic heterocycles. The van der Waals surface area contributed by atoms with Crippen molar-refractivity contribution in [2.75, 3.05) is 55.3 Å². The van der Waals surface area contributed by atoms with Crippen LogP contribution in [0.2, 0.25) is 0 Å². The van der Waals surface area contributed by atoms with Crippen LogP contribution in [-0.2, 0) is 17.1 Å². The fraction of sp³-hybridized carbons (Fsp3) is 0.333. The zero-order chi connectivity index (χ0) is 31.6.